The predicted octanol–water partition coefficient (Wildman–Crippen LogP) is 9.42. The first-order valence-electron chi connectivity index (χ1n) is 14.8. The Bertz CT molecular complexity index is 1760. The molecule has 1 saturated heterocycles. The fourth-order valence-electron chi connectivity index (χ4n) is 5.15. The molecule has 5 nitrogen and oxygen atoms in total. The summed E-state index contributed by atoms with van der Waals surface area (Å²) in [6.45, 7) is -2.88. The van der Waals surface area contributed by atoms with Crippen molar-refractivity contribution in [3.05, 3.63) is 129 Å². The number of rotatable bonds is 10. The van der Waals surface area contributed by atoms with Crippen molar-refractivity contribution in [2.45, 2.75) is 49.8 Å². The van der Waals surface area contributed by atoms with Crippen LogP contribution in [0.4, 0.5) is 35.1 Å². The van der Waals surface area contributed by atoms with Crippen LogP contribution in [0.3, 0.4) is 0 Å². The van der Waals surface area contributed by atoms with Crippen LogP contribution in [0.15, 0.2) is 72.8 Å². The maximum atomic E-state index is 13.8. The highest BCUT2D eigenvalue weighted by atomic mass is 32.2. The zero-order chi connectivity index (χ0) is 36.7. The van der Waals surface area contributed by atoms with Crippen molar-refractivity contribution in [1.82, 2.24) is 0 Å². The highest BCUT2D eigenvalue weighted by Gasteiger charge is 2.44. The standard InChI is InChI=1S/C19H18F4O2S2.C16H12F4O3/c1-11-7-12(3-4-16(11)25-18(22)23)17(24)19(26-5-2-6-27-19)13-8-14(20)10-15(21)9-13;1-8-4-9(2-3-13(8)23-16(19)20)14(21)15(22)10-5-11(17)7-12(18)6-10/h3-4,7-10,17-18,24H,2,5-6H2,1H3;2-7,14,16,21H,1H3. The number of ketones is 1. The van der Waals surface area contributed by atoms with Crippen molar-refractivity contribution in [3.63, 3.8) is 0 Å². The van der Waals surface area contributed by atoms with E-state index < -0.39 is 58.6 Å². The van der Waals surface area contributed by atoms with Gasteiger partial charge >= 0.3 is 13.2 Å². The Kier molecular flexibility index (Phi) is 13.2. The van der Waals surface area contributed by atoms with Crippen LogP contribution in [0.1, 0.15) is 56.8 Å². The number of aliphatic hydroxyl groups is 2. The second-order valence-electron chi connectivity index (χ2n) is 11.0. The summed E-state index contributed by atoms with van der Waals surface area (Å²) in [4.78, 5) is 12.1. The van der Waals surface area contributed by atoms with Gasteiger partial charge in [-0.25, -0.2) is 17.6 Å². The second kappa shape index (κ2) is 16.9. The molecule has 4 aromatic rings. The number of Topliss-reactive ketones (excluding diaryl/α,β-unsaturated/α-hetero) is 1. The third-order valence-corrected chi connectivity index (χ3v) is 10.9. The molecule has 5 rings (SSSR count). The molecular formula is C35H30F8O5S2. The fourth-order valence-corrected chi connectivity index (χ4v) is 8.51. The van der Waals surface area contributed by atoms with Crippen LogP contribution in [0.25, 0.3) is 0 Å². The minimum absolute atomic E-state index is 0.0238. The normalized spacial score (nSPS) is 15.2. The molecular weight excluding hydrogens is 716 g/mol. The molecule has 0 saturated carbocycles. The van der Waals surface area contributed by atoms with E-state index in [1.54, 1.807) is 13.0 Å². The number of benzene rings is 4. The number of alkyl halides is 4. The maximum Gasteiger partial charge on any atom is 0.387 e. The van der Waals surface area contributed by atoms with E-state index in [0.29, 0.717) is 22.8 Å². The Labute approximate surface area is 290 Å². The van der Waals surface area contributed by atoms with Gasteiger partial charge in [0.2, 0.25) is 0 Å². The van der Waals surface area contributed by atoms with Gasteiger partial charge in [-0.2, -0.15) is 17.6 Å². The first-order chi connectivity index (χ1) is 23.6. The summed E-state index contributed by atoms with van der Waals surface area (Å²) in [6.07, 6.45) is -1.86. The van der Waals surface area contributed by atoms with Crippen molar-refractivity contribution in [1.29, 1.82) is 0 Å². The first kappa shape index (κ1) is 39.0. The first-order valence-corrected chi connectivity index (χ1v) is 16.8. The van der Waals surface area contributed by atoms with E-state index in [1.165, 1.54) is 72.9 Å². The predicted molar refractivity (Wildman–Crippen MR) is 174 cm³/mol. The summed E-state index contributed by atoms with van der Waals surface area (Å²) in [6, 6.07) is 13.6. The molecule has 2 unspecified atom stereocenters. The zero-order valence-corrected chi connectivity index (χ0v) is 28.0. The average Bonchev–Trinajstić information content (AvgIpc) is 3.05. The van der Waals surface area contributed by atoms with Gasteiger partial charge in [0.05, 0.1) is 0 Å². The van der Waals surface area contributed by atoms with E-state index in [2.05, 4.69) is 9.47 Å². The number of thioether (sulfide) groups is 2. The van der Waals surface area contributed by atoms with Gasteiger partial charge in [0.15, 0.2) is 5.78 Å². The maximum absolute atomic E-state index is 13.8. The van der Waals surface area contributed by atoms with E-state index in [-0.39, 0.29) is 28.2 Å². The third kappa shape index (κ3) is 9.71. The van der Waals surface area contributed by atoms with Gasteiger partial charge in [0.25, 0.3) is 0 Å². The number of carbonyl (C=O) groups excluding carboxylic acids is 1. The summed E-state index contributed by atoms with van der Waals surface area (Å²) in [5.41, 5.74) is 1.31. The van der Waals surface area contributed by atoms with Gasteiger partial charge in [-0.1, -0.05) is 12.1 Å². The summed E-state index contributed by atoms with van der Waals surface area (Å²) in [7, 11) is 0. The quantitative estimate of drug-likeness (QED) is 0.124. The van der Waals surface area contributed by atoms with Crippen LogP contribution in [-0.4, -0.2) is 40.7 Å². The lowest BCUT2D eigenvalue weighted by molar-refractivity contribution is -0.0509. The van der Waals surface area contributed by atoms with E-state index in [9.17, 15) is 50.1 Å². The van der Waals surface area contributed by atoms with Crippen LogP contribution in [0, 0.1) is 37.1 Å². The molecule has 0 amide bonds. The molecule has 1 aliphatic heterocycles. The molecule has 15 heteroatoms. The van der Waals surface area contributed by atoms with Crippen molar-refractivity contribution in [2.75, 3.05) is 11.5 Å². The van der Waals surface area contributed by atoms with Crippen molar-refractivity contribution in [2.24, 2.45) is 0 Å². The van der Waals surface area contributed by atoms with Gasteiger partial charge in [-0.3, -0.25) is 4.79 Å². The summed E-state index contributed by atoms with van der Waals surface area (Å²) >= 11 is 2.87. The van der Waals surface area contributed by atoms with E-state index in [4.69, 9.17) is 0 Å². The SMILES string of the molecule is Cc1cc(C(O)C(=O)c2cc(F)cc(F)c2)ccc1OC(F)F.Cc1cc(C(O)C2(c3cc(F)cc(F)c3)SCCCS2)ccc1OC(F)F. The van der Waals surface area contributed by atoms with Gasteiger partial charge in [-0.05, 0) is 108 Å². The Morgan fingerprint density at radius 1 is 0.680 bits per heavy atom. The molecule has 0 aliphatic carbocycles. The lowest BCUT2D eigenvalue weighted by Crippen LogP contribution is -2.31. The highest BCUT2D eigenvalue weighted by Crippen LogP contribution is 2.57. The summed E-state index contributed by atoms with van der Waals surface area (Å²) < 4.78 is 111. The molecule has 2 atom stereocenters. The molecule has 50 heavy (non-hydrogen) atoms. The van der Waals surface area contributed by atoms with Gasteiger partial charge in [0.1, 0.15) is 51.1 Å². The Morgan fingerprint density at radius 3 is 1.58 bits per heavy atom. The lowest BCUT2D eigenvalue weighted by Gasteiger charge is -2.40. The minimum atomic E-state index is -3.00. The summed E-state index contributed by atoms with van der Waals surface area (Å²) in [5, 5.41) is 21.2. The van der Waals surface area contributed by atoms with Gasteiger partial charge < -0.3 is 19.7 Å². The number of aryl methyl sites for hydroxylation is 2. The Balaban J connectivity index is 0.000000228. The van der Waals surface area contributed by atoms with E-state index in [0.717, 1.165) is 36.1 Å². The molecule has 0 bridgehead atoms. The molecule has 1 fully saturated rings. The molecule has 4 aromatic carbocycles. The van der Waals surface area contributed by atoms with Crippen molar-refractivity contribution in [3.8, 4) is 11.5 Å². The number of halogens is 8. The highest BCUT2D eigenvalue weighted by molar-refractivity contribution is 8.18. The molecule has 268 valence electrons. The number of hydrogen-bond donors (Lipinski definition) is 2. The second-order valence-corrected chi connectivity index (χ2v) is 14.0. The zero-order valence-electron chi connectivity index (χ0n) is 26.3. The molecule has 0 spiro atoms. The molecule has 0 radical (unpaired) electrons. The van der Waals surface area contributed by atoms with Crippen LogP contribution in [0.5, 0.6) is 11.5 Å². The number of ether oxygens (including phenoxy) is 2. The lowest BCUT2D eigenvalue weighted by atomic mass is 9.98. The molecule has 0 aromatic heterocycles. The number of aliphatic hydroxyl groups excluding tert-OH is 2. The Morgan fingerprint density at radius 2 is 1.12 bits per heavy atom. The number of carbonyl (C=O) groups is 1. The third-order valence-electron chi connectivity index (χ3n) is 7.40. The van der Waals surface area contributed by atoms with E-state index >= 15 is 0 Å². The molecule has 1 heterocycles. The smallest absolute Gasteiger partial charge is 0.387 e. The Hall–Kier alpha value is -3.79. The summed E-state index contributed by atoms with van der Waals surface area (Å²) in [5.74, 6) is -2.84. The van der Waals surface area contributed by atoms with Gasteiger partial charge in [-0.15, -0.1) is 23.5 Å². The molecule has 1 aliphatic rings. The van der Waals surface area contributed by atoms with Crippen molar-refractivity contribution >= 4 is 29.3 Å². The van der Waals surface area contributed by atoms with Gasteiger partial charge in [0, 0.05) is 17.7 Å². The number of hydrogen-bond acceptors (Lipinski definition) is 7. The van der Waals surface area contributed by atoms with Crippen LogP contribution >= 0.6 is 23.5 Å². The van der Waals surface area contributed by atoms with Crippen LogP contribution < -0.4 is 9.47 Å². The van der Waals surface area contributed by atoms with Crippen LogP contribution in [-0.2, 0) is 4.08 Å². The van der Waals surface area contributed by atoms with Crippen LogP contribution in [0.2, 0.25) is 0 Å². The van der Waals surface area contributed by atoms with Crippen molar-refractivity contribution < 1.29 is 59.6 Å². The largest absolute Gasteiger partial charge is 0.435 e. The average molecular weight is 747 g/mol. The van der Waals surface area contributed by atoms with E-state index in [1.807, 2.05) is 0 Å². The molecule has 2 N–H and O–H groups in total. The fraction of sp³-hybridized carbons (Fsp3) is 0.286. The monoisotopic (exact) mass is 746 g/mol. The minimum Gasteiger partial charge on any atom is -0.435 e. The topological polar surface area (TPSA) is 76.0 Å².